The van der Waals surface area contributed by atoms with E-state index in [4.69, 9.17) is 16.3 Å². The lowest BCUT2D eigenvalue weighted by Crippen LogP contribution is -2.33. The zero-order valence-electron chi connectivity index (χ0n) is 14.8. The second-order valence-electron chi connectivity index (χ2n) is 5.86. The highest BCUT2D eigenvalue weighted by atomic mass is 35.5. The number of hydrogen-bond donors (Lipinski definition) is 0. The van der Waals surface area contributed by atoms with Gasteiger partial charge < -0.3 is 9.64 Å². The van der Waals surface area contributed by atoms with E-state index in [1.165, 1.54) is 23.1 Å². The second kappa shape index (κ2) is 9.34. The SMILES string of the molecule is CCOC(=O)CCN(Cc1ccc(C)cc1)C(=O)c1c(F)cccc1Cl. The number of halogens is 2. The van der Waals surface area contributed by atoms with Crippen molar-refractivity contribution >= 4 is 23.5 Å². The number of carbonyl (C=O) groups is 2. The van der Waals surface area contributed by atoms with Crippen LogP contribution in [0.3, 0.4) is 0 Å². The minimum atomic E-state index is -0.687. The van der Waals surface area contributed by atoms with Crippen molar-refractivity contribution in [3.63, 3.8) is 0 Å². The van der Waals surface area contributed by atoms with Crippen molar-refractivity contribution < 1.29 is 18.7 Å². The number of amides is 1. The molecule has 0 saturated carbocycles. The third-order valence-corrected chi connectivity index (χ3v) is 4.16. The summed E-state index contributed by atoms with van der Waals surface area (Å²) in [6.45, 7) is 4.29. The third kappa shape index (κ3) is 5.30. The average molecular weight is 378 g/mol. The molecular formula is C20H21ClFNO3. The van der Waals surface area contributed by atoms with Gasteiger partial charge in [-0.25, -0.2) is 4.39 Å². The Labute approximate surface area is 157 Å². The van der Waals surface area contributed by atoms with Gasteiger partial charge in [0.25, 0.3) is 5.91 Å². The van der Waals surface area contributed by atoms with Crippen LogP contribution >= 0.6 is 11.6 Å². The Morgan fingerprint density at radius 1 is 1.15 bits per heavy atom. The van der Waals surface area contributed by atoms with Crippen molar-refractivity contribution in [3.05, 3.63) is 70.0 Å². The molecule has 0 aliphatic carbocycles. The van der Waals surface area contributed by atoms with Crippen LogP contribution in [0.15, 0.2) is 42.5 Å². The summed E-state index contributed by atoms with van der Waals surface area (Å²) in [6.07, 6.45) is 0.0253. The molecule has 138 valence electrons. The Hall–Kier alpha value is -2.40. The van der Waals surface area contributed by atoms with Crippen molar-refractivity contribution in [1.29, 1.82) is 0 Å². The van der Waals surface area contributed by atoms with Gasteiger partial charge in [0.05, 0.1) is 23.6 Å². The quantitative estimate of drug-likeness (QED) is 0.672. The number of ether oxygens (including phenoxy) is 1. The fourth-order valence-electron chi connectivity index (χ4n) is 2.49. The maximum atomic E-state index is 14.1. The lowest BCUT2D eigenvalue weighted by molar-refractivity contribution is -0.143. The van der Waals surface area contributed by atoms with Gasteiger partial charge in [0.15, 0.2) is 0 Å². The summed E-state index contributed by atoms with van der Waals surface area (Å²) >= 11 is 6.03. The minimum Gasteiger partial charge on any atom is -0.466 e. The molecule has 2 aromatic carbocycles. The van der Waals surface area contributed by atoms with Gasteiger partial charge in [-0.05, 0) is 31.5 Å². The second-order valence-corrected chi connectivity index (χ2v) is 6.27. The van der Waals surface area contributed by atoms with E-state index < -0.39 is 17.7 Å². The molecular weight excluding hydrogens is 357 g/mol. The highest BCUT2D eigenvalue weighted by Crippen LogP contribution is 2.22. The summed E-state index contributed by atoms with van der Waals surface area (Å²) in [4.78, 5) is 26.0. The highest BCUT2D eigenvalue weighted by Gasteiger charge is 2.23. The topological polar surface area (TPSA) is 46.6 Å². The van der Waals surface area contributed by atoms with E-state index in [2.05, 4.69) is 0 Å². The van der Waals surface area contributed by atoms with Crippen LogP contribution < -0.4 is 0 Å². The molecule has 4 nitrogen and oxygen atoms in total. The largest absolute Gasteiger partial charge is 0.466 e. The van der Waals surface area contributed by atoms with E-state index in [1.54, 1.807) is 6.92 Å². The molecule has 0 spiro atoms. The van der Waals surface area contributed by atoms with Crippen LogP contribution in [0, 0.1) is 12.7 Å². The maximum absolute atomic E-state index is 14.1. The molecule has 0 saturated heterocycles. The van der Waals surface area contributed by atoms with Crippen LogP contribution in [0.2, 0.25) is 5.02 Å². The van der Waals surface area contributed by atoms with E-state index in [-0.39, 0.29) is 36.7 Å². The fraction of sp³-hybridized carbons (Fsp3) is 0.300. The molecule has 0 N–H and O–H groups in total. The summed E-state index contributed by atoms with van der Waals surface area (Å²) in [6, 6.07) is 11.7. The Balaban J connectivity index is 2.25. The molecule has 0 aliphatic rings. The van der Waals surface area contributed by atoms with E-state index in [0.29, 0.717) is 0 Å². The predicted molar refractivity (Wildman–Crippen MR) is 98.6 cm³/mol. The Kier molecular flexibility index (Phi) is 7.16. The van der Waals surface area contributed by atoms with Gasteiger partial charge in [0, 0.05) is 13.1 Å². The van der Waals surface area contributed by atoms with E-state index >= 15 is 0 Å². The molecule has 0 fully saturated rings. The molecule has 0 radical (unpaired) electrons. The minimum absolute atomic E-state index is 0.0253. The van der Waals surface area contributed by atoms with Crippen LogP contribution in [0.1, 0.15) is 34.8 Å². The Morgan fingerprint density at radius 2 is 1.85 bits per heavy atom. The van der Waals surface area contributed by atoms with Crippen LogP contribution in [0.25, 0.3) is 0 Å². The molecule has 0 aromatic heterocycles. The van der Waals surface area contributed by atoms with Gasteiger partial charge in [-0.15, -0.1) is 0 Å². The molecule has 6 heteroatoms. The number of hydrogen-bond acceptors (Lipinski definition) is 3. The lowest BCUT2D eigenvalue weighted by atomic mass is 10.1. The first-order valence-electron chi connectivity index (χ1n) is 8.36. The van der Waals surface area contributed by atoms with Crippen molar-refractivity contribution in [2.45, 2.75) is 26.8 Å². The van der Waals surface area contributed by atoms with Gasteiger partial charge in [-0.1, -0.05) is 47.5 Å². The zero-order valence-corrected chi connectivity index (χ0v) is 15.6. The Bertz CT molecular complexity index is 757. The molecule has 0 heterocycles. The maximum Gasteiger partial charge on any atom is 0.307 e. The monoisotopic (exact) mass is 377 g/mol. The summed E-state index contributed by atoms with van der Waals surface area (Å²) in [7, 11) is 0. The van der Waals surface area contributed by atoms with Crippen LogP contribution in [-0.2, 0) is 16.1 Å². The molecule has 1 amide bonds. The zero-order chi connectivity index (χ0) is 19.1. The van der Waals surface area contributed by atoms with Gasteiger partial charge in [-0.3, -0.25) is 9.59 Å². The molecule has 2 aromatic rings. The lowest BCUT2D eigenvalue weighted by Gasteiger charge is -2.23. The summed E-state index contributed by atoms with van der Waals surface area (Å²) in [5.41, 5.74) is 1.78. The van der Waals surface area contributed by atoms with Crippen molar-refractivity contribution in [2.24, 2.45) is 0 Å². The first-order valence-corrected chi connectivity index (χ1v) is 8.74. The van der Waals surface area contributed by atoms with Crippen molar-refractivity contribution in [3.8, 4) is 0 Å². The molecule has 0 unspecified atom stereocenters. The standard InChI is InChI=1S/C20H21ClFNO3/c1-3-26-18(24)11-12-23(13-15-9-7-14(2)8-10-15)20(25)19-16(21)5-4-6-17(19)22/h4-10H,3,11-13H2,1-2H3. The summed E-state index contributed by atoms with van der Waals surface area (Å²) < 4.78 is 19.1. The number of nitrogens with zero attached hydrogens (tertiary/aromatic N) is 1. The van der Waals surface area contributed by atoms with Crippen LogP contribution in [0.4, 0.5) is 4.39 Å². The first kappa shape index (κ1) is 19.9. The molecule has 0 aliphatic heterocycles. The number of benzene rings is 2. The fourth-order valence-corrected chi connectivity index (χ4v) is 2.73. The van der Waals surface area contributed by atoms with Crippen molar-refractivity contribution in [2.75, 3.05) is 13.2 Å². The average Bonchev–Trinajstić information content (AvgIpc) is 2.60. The molecule has 0 bridgehead atoms. The number of esters is 1. The number of rotatable bonds is 7. The van der Waals surface area contributed by atoms with Crippen LogP contribution in [0.5, 0.6) is 0 Å². The third-order valence-electron chi connectivity index (χ3n) is 3.85. The van der Waals surface area contributed by atoms with Crippen molar-refractivity contribution in [1.82, 2.24) is 4.90 Å². The summed E-state index contributed by atoms with van der Waals surface area (Å²) in [5.74, 6) is -1.65. The van der Waals surface area contributed by atoms with Gasteiger partial charge in [-0.2, -0.15) is 0 Å². The molecule has 26 heavy (non-hydrogen) atoms. The Morgan fingerprint density at radius 3 is 2.46 bits per heavy atom. The van der Waals surface area contributed by atoms with Gasteiger partial charge in [0.1, 0.15) is 5.82 Å². The smallest absolute Gasteiger partial charge is 0.307 e. The van der Waals surface area contributed by atoms with Gasteiger partial charge >= 0.3 is 5.97 Å². The molecule has 2 rings (SSSR count). The van der Waals surface area contributed by atoms with E-state index in [0.717, 1.165) is 11.1 Å². The highest BCUT2D eigenvalue weighted by molar-refractivity contribution is 6.33. The first-order chi connectivity index (χ1) is 12.4. The van der Waals surface area contributed by atoms with Crippen LogP contribution in [-0.4, -0.2) is 29.9 Å². The molecule has 0 atom stereocenters. The number of carbonyl (C=O) groups excluding carboxylic acids is 2. The normalized spacial score (nSPS) is 10.5. The van der Waals surface area contributed by atoms with E-state index in [1.807, 2.05) is 31.2 Å². The summed E-state index contributed by atoms with van der Waals surface area (Å²) in [5, 5.41) is 0.0417. The predicted octanol–water partition coefficient (Wildman–Crippen LogP) is 4.38. The van der Waals surface area contributed by atoms with E-state index in [9.17, 15) is 14.0 Å². The number of aryl methyl sites for hydroxylation is 1. The van der Waals surface area contributed by atoms with Gasteiger partial charge in [0.2, 0.25) is 0 Å².